The van der Waals surface area contributed by atoms with Crippen LogP contribution in [0.15, 0.2) is 42.7 Å². The normalized spacial score (nSPS) is 15.7. The summed E-state index contributed by atoms with van der Waals surface area (Å²) in [6.45, 7) is 0.996. The maximum absolute atomic E-state index is 12.3. The monoisotopic (exact) mass is 377 g/mol. The topological polar surface area (TPSA) is 75.3 Å². The molecule has 130 valence electrons. The van der Waals surface area contributed by atoms with E-state index in [2.05, 4.69) is 9.97 Å². The molecule has 3 heterocycles. The summed E-state index contributed by atoms with van der Waals surface area (Å²) in [4.78, 5) is 7.36. The summed E-state index contributed by atoms with van der Waals surface area (Å²) in [6, 6.07) is 9.20. The Bertz CT molecular complexity index is 1030. The van der Waals surface area contributed by atoms with Gasteiger partial charge in [-0.25, -0.2) is 0 Å². The number of aromatic amines is 1. The smallest absolute Gasteiger partial charge is 0.369 e. The lowest BCUT2D eigenvalue weighted by Gasteiger charge is -2.15. The first-order valence-electron chi connectivity index (χ1n) is 7.94. The molecule has 0 bridgehead atoms. The number of fused-ring (bicyclic) bond motifs is 1. The molecule has 1 saturated heterocycles. The average Bonchev–Trinajstić information content (AvgIpc) is 3.24. The van der Waals surface area contributed by atoms with Crippen LogP contribution in [0.3, 0.4) is 0 Å². The van der Waals surface area contributed by atoms with E-state index in [4.69, 9.17) is 15.8 Å². The zero-order chi connectivity index (χ0) is 17.4. The third kappa shape index (κ3) is 3.35. The van der Waals surface area contributed by atoms with Gasteiger partial charge in [0, 0.05) is 46.5 Å². The molecule has 25 heavy (non-hydrogen) atoms. The van der Waals surface area contributed by atoms with E-state index in [-0.39, 0.29) is 5.75 Å². The Balaban J connectivity index is 1.64. The number of halogens is 1. The fraction of sp³-hybridized carbons (Fsp3) is 0.235. The van der Waals surface area contributed by atoms with Crippen LogP contribution in [0.4, 0.5) is 0 Å². The molecule has 4 rings (SSSR count). The first kappa shape index (κ1) is 16.4. The van der Waals surface area contributed by atoms with Crippen LogP contribution in [0.1, 0.15) is 12.8 Å². The van der Waals surface area contributed by atoms with Gasteiger partial charge in [0.2, 0.25) is 0 Å². The number of aromatic nitrogens is 2. The minimum Gasteiger partial charge on any atom is -0.369 e. The van der Waals surface area contributed by atoms with Crippen LogP contribution in [0.5, 0.6) is 5.75 Å². The molecular formula is C17H16ClN3O3S. The van der Waals surface area contributed by atoms with Gasteiger partial charge in [0.05, 0.1) is 6.20 Å². The second-order valence-electron chi connectivity index (χ2n) is 5.97. The summed E-state index contributed by atoms with van der Waals surface area (Å²) in [5.74, 6) is 0.195. The third-order valence-corrected chi connectivity index (χ3v) is 5.83. The van der Waals surface area contributed by atoms with Crippen LogP contribution < -0.4 is 4.18 Å². The highest BCUT2D eigenvalue weighted by atomic mass is 35.5. The lowest BCUT2D eigenvalue weighted by Crippen LogP contribution is -2.31. The van der Waals surface area contributed by atoms with E-state index in [0.29, 0.717) is 18.1 Å². The van der Waals surface area contributed by atoms with E-state index in [1.807, 2.05) is 24.3 Å². The SMILES string of the molecule is O=S(=O)(Oc1cncc(-c2cc3ccc(Cl)cc3[nH]2)c1)N1CCCC1. The van der Waals surface area contributed by atoms with Crippen LogP contribution in [-0.4, -0.2) is 35.8 Å². The molecule has 1 fully saturated rings. The predicted octanol–water partition coefficient (Wildman–Crippen LogP) is 3.60. The number of rotatable bonds is 4. The number of nitrogens with one attached hydrogen (secondary N) is 1. The number of pyridine rings is 1. The zero-order valence-corrected chi connectivity index (χ0v) is 14.8. The summed E-state index contributed by atoms with van der Waals surface area (Å²) in [7, 11) is -3.78. The minimum absolute atomic E-state index is 0.195. The summed E-state index contributed by atoms with van der Waals surface area (Å²) < 4.78 is 31.2. The lowest BCUT2D eigenvalue weighted by molar-refractivity contribution is 0.395. The molecule has 0 unspecified atom stereocenters. The van der Waals surface area contributed by atoms with Gasteiger partial charge in [-0.3, -0.25) is 4.98 Å². The molecular weight excluding hydrogens is 362 g/mol. The van der Waals surface area contributed by atoms with Crippen molar-refractivity contribution in [3.8, 4) is 17.0 Å². The largest absolute Gasteiger partial charge is 0.385 e. The first-order chi connectivity index (χ1) is 12.0. The van der Waals surface area contributed by atoms with Gasteiger partial charge in [0.15, 0.2) is 5.75 Å². The Labute approximate surface area is 150 Å². The number of nitrogens with zero attached hydrogens (tertiary/aromatic N) is 2. The van der Waals surface area contributed by atoms with Gasteiger partial charge in [-0.2, -0.15) is 12.7 Å². The van der Waals surface area contributed by atoms with Gasteiger partial charge in [-0.05, 0) is 37.1 Å². The van der Waals surface area contributed by atoms with Crippen molar-refractivity contribution in [2.45, 2.75) is 12.8 Å². The van der Waals surface area contributed by atoms with E-state index < -0.39 is 10.3 Å². The highest BCUT2D eigenvalue weighted by Crippen LogP contribution is 2.28. The molecule has 1 aliphatic heterocycles. The first-order valence-corrected chi connectivity index (χ1v) is 9.69. The Morgan fingerprint density at radius 3 is 2.72 bits per heavy atom. The Hall–Kier alpha value is -2.09. The highest BCUT2D eigenvalue weighted by molar-refractivity contribution is 7.84. The summed E-state index contributed by atoms with van der Waals surface area (Å²) in [5.41, 5.74) is 2.45. The van der Waals surface area contributed by atoms with Gasteiger partial charge in [0.25, 0.3) is 0 Å². The molecule has 0 radical (unpaired) electrons. The van der Waals surface area contributed by atoms with Crippen LogP contribution >= 0.6 is 11.6 Å². The molecule has 3 aromatic rings. The Morgan fingerprint density at radius 2 is 1.92 bits per heavy atom. The number of benzene rings is 1. The van der Waals surface area contributed by atoms with Crippen molar-refractivity contribution in [2.75, 3.05) is 13.1 Å². The van der Waals surface area contributed by atoms with Crippen molar-refractivity contribution in [1.82, 2.24) is 14.3 Å². The van der Waals surface area contributed by atoms with Crippen molar-refractivity contribution < 1.29 is 12.6 Å². The molecule has 8 heteroatoms. The standard InChI is InChI=1S/C17H16ClN3O3S/c18-14-4-3-12-8-16(20-17(12)9-14)13-7-15(11-19-10-13)24-25(22,23)21-5-1-2-6-21/h3-4,7-11,20H,1-2,5-6H2. The van der Waals surface area contributed by atoms with Crippen LogP contribution in [0.2, 0.25) is 5.02 Å². The summed E-state index contributed by atoms with van der Waals surface area (Å²) >= 11 is 6.01. The maximum atomic E-state index is 12.3. The van der Waals surface area contributed by atoms with Gasteiger partial charge < -0.3 is 9.17 Å². The van der Waals surface area contributed by atoms with Crippen molar-refractivity contribution >= 4 is 32.8 Å². The van der Waals surface area contributed by atoms with E-state index in [1.165, 1.54) is 10.5 Å². The number of H-pyrrole nitrogens is 1. The molecule has 1 N–H and O–H groups in total. The number of hydrogen-bond acceptors (Lipinski definition) is 4. The van der Waals surface area contributed by atoms with E-state index >= 15 is 0 Å². The molecule has 1 aromatic carbocycles. The molecule has 2 aromatic heterocycles. The quantitative estimate of drug-likeness (QED) is 0.753. The molecule has 0 atom stereocenters. The van der Waals surface area contributed by atoms with Crippen molar-refractivity contribution in [3.63, 3.8) is 0 Å². The zero-order valence-electron chi connectivity index (χ0n) is 13.3. The van der Waals surface area contributed by atoms with Crippen molar-refractivity contribution in [1.29, 1.82) is 0 Å². The molecule has 6 nitrogen and oxygen atoms in total. The van der Waals surface area contributed by atoms with Gasteiger partial charge in [0.1, 0.15) is 0 Å². The second kappa shape index (κ2) is 6.33. The average molecular weight is 378 g/mol. The fourth-order valence-electron chi connectivity index (χ4n) is 2.95. The molecule has 0 aliphatic carbocycles. The van der Waals surface area contributed by atoms with Gasteiger partial charge >= 0.3 is 10.3 Å². The fourth-order valence-corrected chi connectivity index (χ4v) is 4.27. The predicted molar refractivity (Wildman–Crippen MR) is 96.9 cm³/mol. The van der Waals surface area contributed by atoms with Crippen molar-refractivity contribution in [3.05, 3.63) is 47.7 Å². The third-order valence-electron chi connectivity index (χ3n) is 4.19. The molecule has 0 amide bonds. The number of hydrogen-bond donors (Lipinski definition) is 1. The lowest BCUT2D eigenvalue weighted by atomic mass is 10.2. The van der Waals surface area contributed by atoms with Crippen LogP contribution in [0.25, 0.3) is 22.2 Å². The van der Waals surface area contributed by atoms with E-state index in [0.717, 1.165) is 35.0 Å². The van der Waals surface area contributed by atoms with E-state index in [1.54, 1.807) is 12.3 Å². The molecule has 0 saturated carbocycles. The molecule has 0 spiro atoms. The van der Waals surface area contributed by atoms with Gasteiger partial charge in [-0.1, -0.05) is 17.7 Å². The Morgan fingerprint density at radius 1 is 1.12 bits per heavy atom. The summed E-state index contributed by atoms with van der Waals surface area (Å²) in [6.07, 6.45) is 4.77. The summed E-state index contributed by atoms with van der Waals surface area (Å²) in [5, 5.41) is 1.66. The van der Waals surface area contributed by atoms with E-state index in [9.17, 15) is 8.42 Å². The Kier molecular flexibility index (Phi) is 4.15. The highest BCUT2D eigenvalue weighted by Gasteiger charge is 2.27. The van der Waals surface area contributed by atoms with Crippen molar-refractivity contribution in [2.24, 2.45) is 0 Å². The van der Waals surface area contributed by atoms with Gasteiger partial charge in [-0.15, -0.1) is 0 Å². The minimum atomic E-state index is -3.78. The molecule has 1 aliphatic rings. The second-order valence-corrected chi connectivity index (χ2v) is 7.95. The van der Waals surface area contributed by atoms with Crippen LogP contribution in [-0.2, 0) is 10.3 Å². The maximum Gasteiger partial charge on any atom is 0.385 e. The van der Waals surface area contributed by atoms with Crippen LogP contribution in [0, 0.1) is 0 Å².